The van der Waals surface area contributed by atoms with Gasteiger partial charge in [-0.15, -0.1) is 17.5 Å². The Morgan fingerprint density at radius 2 is 1.57 bits per heavy atom. The van der Waals surface area contributed by atoms with Crippen LogP contribution >= 0.6 is 11.1 Å². The van der Waals surface area contributed by atoms with Gasteiger partial charge in [-0.1, -0.05) is 33.6 Å². The van der Waals surface area contributed by atoms with E-state index in [1.165, 1.54) is 0 Å². The Kier molecular flexibility index (Phi) is 4.71. The predicted molar refractivity (Wildman–Crippen MR) is 65.8 cm³/mol. The van der Waals surface area contributed by atoms with Gasteiger partial charge in [-0.25, -0.2) is 0 Å². The van der Waals surface area contributed by atoms with Gasteiger partial charge in [-0.2, -0.15) is 0 Å². The Bertz CT molecular complexity index is 220. The molecule has 0 aromatic rings. The average Bonchev–Trinajstić information content (AvgIpc) is 2.03. The largest absolute Gasteiger partial charge is 0.386 e. The molecule has 0 aliphatic carbocycles. The smallest absolute Gasteiger partial charge is 0.296 e. The van der Waals surface area contributed by atoms with Crippen molar-refractivity contribution in [1.29, 1.82) is 0 Å². The molecule has 0 N–H and O–H groups in total. The van der Waals surface area contributed by atoms with Crippen LogP contribution in [-0.2, 0) is 4.43 Å². The molecule has 0 spiro atoms. The first-order valence-corrected chi connectivity index (χ1v) is 8.10. The van der Waals surface area contributed by atoms with Crippen LogP contribution in [0.1, 0.15) is 41.5 Å². The van der Waals surface area contributed by atoms with E-state index in [1.54, 1.807) is 0 Å². The molecule has 0 saturated carbocycles. The van der Waals surface area contributed by atoms with E-state index in [0.29, 0.717) is 11.1 Å². The molecule has 0 aliphatic rings. The number of hydrogen-bond acceptors (Lipinski definition) is 1. The van der Waals surface area contributed by atoms with Gasteiger partial charge in [0.2, 0.25) is 0 Å². The molecule has 0 aliphatic heterocycles. The minimum atomic E-state index is -2.23. The van der Waals surface area contributed by atoms with Gasteiger partial charge in [0.05, 0.1) is 0 Å². The maximum absolute atomic E-state index is 6.59. The third-order valence-corrected chi connectivity index (χ3v) is 9.16. The van der Waals surface area contributed by atoms with Gasteiger partial charge >= 0.3 is 0 Å². The molecule has 0 fully saturated rings. The summed E-state index contributed by atoms with van der Waals surface area (Å²) in [5.41, 5.74) is 0.163. The molecule has 0 atom stereocenters. The highest BCUT2D eigenvalue weighted by Crippen LogP contribution is 2.39. The van der Waals surface area contributed by atoms with Crippen LogP contribution in [0, 0.1) is 12.3 Å². The minimum Gasteiger partial charge on any atom is -0.386 e. The second kappa shape index (κ2) is 4.70. The fourth-order valence-corrected chi connectivity index (χ4v) is 4.55. The van der Waals surface area contributed by atoms with Crippen LogP contribution in [0.5, 0.6) is 0 Å². The maximum atomic E-state index is 6.59. The lowest BCUT2D eigenvalue weighted by Crippen LogP contribution is -2.45. The van der Waals surface area contributed by atoms with Crippen LogP contribution in [0.15, 0.2) is 0 Å². The molecule has 0 amide bonds. The predicted octanol–water partition coefficient (Wildman–Crippen LogP) is 3.92. The second-order valence-electron chi connectivity index (χ2n) is 4.76. The summed E-state index contributed by atoms with van der Waals surface area (Å²) >= 11 is 6.59. The zero-order chi connectivity index (χ0) is 11.6. The molecular formula is C11H21ClOSi. The first-order valence-electron chi connectivity index (χ1n) is 5.02. The Labute approximate surface area is 94.0 Å². The quantitative estimate of drug-likeness (QED) is 0.406. The highest BCUT2D eigenvalue weighted by molar-refractivity contribution is 7.18. The standard InChI is InChI=1S/C11H21ClOSi/c1-8-11(6,7)13-14(12,9(2)3)10(4)5/h1,9-10H,2-7H3. The first kappa shape index (κ1) is 14.0. The fourth-order valence-electron chi connectivity index (χ4n) is 1.32. The van der Waals surface area contributed by atoms with Gasteiger partial charge in [-0.3, -0.25) is 0 Å². The van der Waals surface area contributed by atoms with E-state index in [4.69, 9.17) is 21.9 Å². The zero-order valence-corrected chi connectivity index (χ0v) is 11.8. The van der Waals surface area contributed by atoms with E-state index < -0.39 is 13.2 Å². The SMILES string of the molecule is C#CC(C)(C)O[Si](Cl)(C(C)C)C(C)C. The summed E-state index contributed by atoms with van der Waals surface area (Å²) in [5, 5.41) is 0. The molecule has 3 heteroatoms. The summed E-state index contributed by atoms with van der Waals surface area (Å²) in [6.07, 6.45) is 5.40. The van der Waals surface area contributed by atoms with Crippen molar-refractivity contribution in [2.75, 3.05) is 0 Å². The highest BCUT2D eigenvalue weighted by Gasteiger charge is 2.44. The van der Waals surface area contributed by atoms with Crippen molar-refractivity contribution in [3.63, 3.8) is 0 Å². The highest BCUT2D eigenvalue weighted by atomic mass is 35.6. The van der Waals surface area contributed by atoms with Crippen LogP contribution < -0.4 is 0 Å². The molecular weight excluding hydrogens is 212 g/mol. The molecule has 1 nitrogen and oxygen atoms in total. The monoisotopic (exact) mass is 232 g/mol. The Morgan fingerprint density at radius 1 is 1.21 bits per heavy atom. The van der Waals surface area contributed by atoms with E-state index in [9.17, 15) is 0 Å². The molecule has 0 unspecified atom stereocenters. The number of hydrogen-bond donors (Lipinski definition) is 0. The van der Waals surface area contributed by atoms with Gasteiger partial charge in [0.1, 0.15) is 5.60 Å². The summed E-state index contributed by atoms with van der Waals surface area (Å²) in [7, 11) is -2.23. The molecule has 0 bridgehead atoms. The van der Waals surface area contributed by atoms with E-state index in [0.717, 1.165) is 0 Å². The first-order chi connectivity index (χ1) is 6.15. The van der Waals surface area contributed by atoms with Crippen LogP contribution in [0.25, 0.3) is 0 Å². The van der Waals surface area contributed by atoms with Crippen LogP contribution in [0.3, 0.4) is 0 Å². The summed E-state index contributed by atoms with van der Waals surface area (Å²) in [6.45, 7) is 12.2. The average molecular weight is 233 g/mol. The van der Waals surface area contributed by atoms with Gasteiger partial charge in [0, 0.05) is 0 Å². The lowest BCUT2D eigenvalue weighted by atomic mass is 10.2. The van der Waals surface area contributed by atoms with Crippen LogP contribution in [0.2, 0.25) is 11.1 Å². The molecule has 0 aromatic heterocycles. The van der Waals surface area contributed by atoms with Gasteiger partial charge in [-0.05, 0) is 24.9 Å². The molecule has 0 aromatic carbocycles. The second-order valence-corrected chi connectivity index (χ2v) is 10.4. The van der Waals surface area contributed by atoms with Crippen LogP contribution in [-0.4, -0.2) is 13.2 Å². The maximum Gasteiger partial charge on any atom is 0.296 e. The molecule has 0 heterocycles. The van der Waals surface area contributed by atoms with E-state index in [-0.39, 0.29) is 0 Å². The van der Waals surface area contributed by atoms with Gasteiger partial charge < -0.3 is 4.43 Å². The lowest BCUT2D eigenvalue weighted by Gasteiger charge is -2.37. The topological polar surface area (TPSA) is 9.23 Å². The summed E-state index contributed by atoms with van der Waals surface area (Å²) in [6, 6.07) is 0. The summed E-state index contributed by atoms with van der Waals surface area (Å²) in [5.74, 6) is 2.63. The normalized spacial score (nSPS) is 13.4. The molecule has 82 valence electrons. The number of terminal acetylenes is 1. The van der Waals surface area contributed by atoms with Crippen molar-refractivity contribution in [3.8, 4) is 12.3 Å². The third-order valence-electron chi connectivity index (χ3n) is 2.33. The minimum absolute atomic E-state index is 0.358. The van der Waals surface area contributed by atoms with Gasteiger partial charge in [0.25, 0.3) is 7.63 Å². The molecule has 0 saturated heterocycles. The lowest BCUT2D eigenvalue weighted by molar-refractivity contribution is 0.159. The van der Waals surface area contributed by atoms with Crippen molar-refractivity contribution in [3.05, 3.63) is 0 Å². The Hall–Kier alpha value is 0.0269. The fraction of sp³-hybridized carbons (Fsp3) is 0.818. The van der Waals surface area contributed by atoms with E-state index >= 15 is 0 Å². The number of rotatable bonds is 4. The van der Waals surface area contributed by atoms with Crippen molar-refractivity contribution < 1.29 is 4.43 Å². The van der Waals surface area contributed by atoms with E-state index in [2.05, 4.69) is 33.6 Å². The van der Waals surface area contributed by atoms with Crippen molar-refractivity contribution >= 4 is 18.7 Å². The number of halogens is 1. The van der Waals surface area contributed by atoms with Crippen molar-refractivity contribution in [2.45, 2.75) is 58.2 Å². The molecule has 14 heavy (non-hydrogen) atoms. The Balaban J connectivity index is 4.81. The van der Waals surface area contributed by atoms with Crippen molar-refractivity contribution in [1.82, 2.24) is 0 Å². The van der Waals surface area contributed by atoms with E-state index in [1.807, 2.05) is 13.8 Å². The van der Waals surface area contributed by atoms with Crippen molar-refractivity contribution in [2.24, 2.45) is 0 Å². The summed E-state index contributed by atoms with van der Waals surface area (Å²) < 4.78 is 5.97. The molecule has 0 radical (unpaired) electrons. The third kappa shape index (κ3) is 3.31. The molecule has 0 rings (SSSR count). The van der Waals surface area contributed by atoms with Gasteiger partial charge in [0.15, 0.2) is 0 Å². The zero-order valence-electron chi connectivity index (χ0n) is 10.0. The van der Waals surface area contributed by atoms with Crippen LogP contribution in [0.4, 0.5) is 0 Å². The Morgan fingerprint density at radius 3 is 1.79 bits per heavy atom. The summed E-state index contributed by atoms with van der Waals surface area (Å²) in [4.78, 5) is 0.